The first-order chi connectivity index (χ1) is 9.88. The molecular formula is C13H18N2O4S2. The van der Waals surface area contributed by atoms with Crippen molar-refractivity contribution in [1.29, 1.82) is 0 Å². The number of anilines is 1. The van der Waals surface area contributed by atoms with Crippen LogP contribution in [0.2, 0.25) is 0 Å². The molecule has 6 nitrogen and oxygen atoms in total. The summed E-state index contributed by atoms with van der Waals surface area (Å²) in [6.45, 7) is 0.656. The number of nitro benzene ring substituents is 1. The normalized spacial score (nSPS) is 19.2. The highest BCUT2D eigenvalue weighted by Gasteiger charge is 2.20. The van der Waals surface area contributed by atoms with E-state index in [1.165, 1.54) is 25.0 Å². The van der Waals surface area contributed by atoms with Gasteiger partial charge < -0.3 is 5.32 Å². The van der Waals surface area contributed by atoms with Crippen molar-refractivity contribution in [3.63, 3.8) is 0 Å². The van der Waals surface area contributed by atoms with E-state index in [2.05, 4.69) is 5.32 Å². The Hall–Kier alpha value is -1.28. The van der Waals surface area contributed by atoms with E-state index in [1.807, 2.05) is 11.8 Å². The number of nitro groups is 1. The lowest BCUT2D eigenvalue weighted by molar-refractivity contribution is -0.384. The van der Waals surface area contributed by atoms with Crippen molar-refractivity contribution in [2.24, 2.45) is 0 Å². The van der Waals surface area contributed by atoms with Gasteiger partial charge in [-0.25, -0.2) is 8.42 Å². The smallest absolute Gasteiger partial charge is 0.293 e. The summed E-state index contributed by atoms with van der Waals surface area (Å²) >= 11 is 1.88. The SMILES string of the molecule is CS(=O)(=O)c1ccc(NCC2CCCCS2)c([N+](=O)[O-])c1. The number of rotatable bonds is 5. The molecule has 0 amide bonds. The maximum atomic E-state index is 11.5. The van der Waals surface area contributed by atoms with Gasteiger partial charge in [0.05, 0.1) is 9.82 Å². The third-order valence-corrected chi connectivity index (χ3v) is 5.90. The molecule has 0 spiro atoms. The molecule has 116 valence electrons. The second-order valence-electron chi connectivity index (χ2n) is 5.08. The highest BCUT2D eigenvalue weighted by Crippen LogP contribution is 2.30. The number of benzene rings is 1. The van der Waals surface area contributed by atoms with Gasteiger partial charge in [-0.15, -0.1) is 0 Å². The Kier molecular flexibility index (Phi) is 5.10. The molecule has 2 rings (SSSR count). The van der Waals surface area contributed by atoms with Crippen LogP contribution in [0.3, 0.4) is 0 Å². The summed E-state index contributed by atoms with van der Waals surface area (Å²) in [6.07, 6.45) is 4.56. The Morgan fingerprint density at radius 2 is 2.19 bits per heavy atom. The van der Waals surface area contributed by atoms with Gasteiger partial charge in [0.2, 0.25) is 0 Å². The number of nitrogens with one attached hydrogen (secondary N) is 1. The van der Waals surface area contributed by atoms with Crippen molar-refractivity contribution >= 4 is 33.0 Å². The zero-order valence-corrected chi connectivity index (χ0v) is 13.4. The van der Waals surface area contributed by atoms with E-state index in [0.29, 0.717) is 17.5 Å². The van der Waals surface area contributed by atoms with Crippen LogP contribution in [0, 0.1) is 10.1 Å². The van der Waals surface area contributed by atoms with E-state index in [9.17, 15) is 18.5 Å². The molecule has 1 N–H and O–H groups in total. The Labute approximate surface area is 128 Å². The van der Waals surface area contributed by atoms with E-state index >= 15 is 0 Å². The van der Waals surface area contributed by atoms with Gasteiger partial charge in [0, 0.05) is 24.1 Å². The Balaban J connectivity index is 2.16. The third-order valence-electron chi connectivity index (χ3n) is 3.39. The van der Waals surface area contributed by atoms with E-state index in [-0.39, 0.29) is 10.6 Å². The molecular weight excluding hydrogens is 312 g/mol. The molecule has 0 aromatic heterocycles. The maximum absolute atomic E-state index is 11.5. The average molecular weight is 330 g/mol. The summed E-state index contributed by atoms with van der Waals surface area (Å²) in [5.41, 5.74) is 0.178. The van der Waals surface area contributed by atoms with E-state index in [0.717, 1.165) is 24.5 Å². The number of thioether (sulfide) groups is 1. The minimum Gasteiger partial charge on any atom is -0.378 e. The maximum Gasteiger partial charge on any atom is 0.293 e. The van der Waals surface area contributed by atoms with E-state index in [4.69, 9.17) is 0 Å². The second kappa shape index (κ2) is 6.65. The molecule has 0 saturated carbocycles. The van der Waals surface area contributed by atoms with Crippen LogP contribution in [0.4, 0.5) is 11.4 Å². The molecule has 0 bridgehead atoms. The molecule has 1 heterocycles. The Bertz CT molecular complexity index is 625. The van der Waals surface area contributed by atoms with Crippen molar-refractivity contribution in [2.75, 3.05) is 23.9 Å². The third kappa shape index (κ3) is 4.34. The molecule has 1 aliphatic heterocycles. The highest BCUT2D eigenvalue weighted by molar-refractivity contribution is 8.00. The first-order valence-corrected chi connectivity index (χ1v) is 9.66. The molecule has 1 unspecified atom stereocenters. The fourth-order valence-corrected chi connectivity index (χ4v) is 4.11. The first kappa shape index (κ1) is 16.1. The van der Waals surface area contributed by atoms with Crippen LogP contribution in [0.5, 0.6) is 0 Å². The number of hydrogen-bond donors (Lipinski definition) is 1. The van der Waals surface area contributed by atoms with Crippen molar-refractivity contribution in [3.05, 3.63) is 28.3 Å². The van der Waals surface area contributed by atoms with Crippen molar-refractivity contribution in [2.45, 2.75) is 29.4 Å². The first-order valence-electron chi connectivity index (χ1n) is 6.72. The van der Waals surface area contributed by atoms with Crippen LogP contribution in [0.25, 0.3) is 0 Å². The molecule has 1 aliphatic rings. The monoisotopic (exact) mass is 330 g/mol. The number of sulfone groups is 1. The molecule has 21 heavy (non-hydrogen) atoms. The topological polar surface area (TPSA) is 89.3 Å². The largest absolute Gasteiger partial charge is 0.378 e. The molecule has 1 fully saturated rings. The standard InChI is InChI=1S/C13H18N2O4S2/c1-21(18,19)11-5-6-12(13(8-11)15(16)17)14-9-10-4-2-3-7-20-10/h5-6,8,10,14H,2-4,7,9H2,1H3. The Morgan fingerprint density at radius 3 is 2.76 bits per heavy atom. The molecule has 0 aliphatic carbocycles. The molecule has 1 aromatic carbocycles. The van der Waals surface area contributed by atoms with Crippen LogP contribution < -0.4 is 5.32 Å². The summed E-state index contributed by atoms with van der Waals surface area (Å²) in [5.74, 6) is 1.13. The van der Waals surface area contributed by atoms with Crippen molar-refractivity contribution in [1.82, 2.24) is 0 Å². The van der Waals surface area contributed by atoms with Crippen molar-refractivity contribution in [3.8, 4) is 0 Å². The highest BCUT2D eigenvalue weighted by atomic mass is 32.2. The fraction of sp³-hybridized carbons (Fsp3) is 0.538. The Morgan fingerprint density at radius 1 is 1.43 bits per heavy atom. The summed E-state index contributed by atoms with van der Waals surface area (Å²) in [4.78, 5) is 10.5. The number of nitrogens with zero attached hydrogens (tertiary/aromatic N) is 1. The molecule has 1 atom stereocenters. The predicted molar refractivity (Wildman–Crippen MR) is 84.8 cm³/mol. The minimum absolute atomic E-state index is 0.0354. The van der Waals surface area contributed by atoms with Gasteiger partial charge in [0.25, 0.3) is 5.69 Å². The predicted octanol–water partition coefficient (Wildman–Crippen LogP) is 2.70. The van der Waals surface area contributed by atoms with Crippen molar-refractivity contribution < 1.29 is 13.3 Å². The van der Waals surface area contributed by atoms with Gasteiger partial charge in [0.1, 0.15) is 5.69 Å². The van der Waals surface area contributed by atoms with Gasteiger partial charge >= 0.3 is 0 Å². The molecule has 1 saturated heterocycles. The lowest BCUT2D eigenvalue weighted by atomic mass is 10.2. The lowest BCUT2D eigenvalue weighted by Crippen LogP contribution is -2.20. The fourth-order valence-electron chi connectivity index (χ4n) is 2.23. The quantitative estimate of drug-likeness (QED) is 0.659. The summed E-state index contributed by atoms with van der Waals surface area (Å²) in [6, 6.07) is 3.99. The number of hydrogen-bond acceptors (Lipinski definition) is 6. The summed E-state index contributed by atoms with van der Waals surface area (Å²) in [5, 5.41) is 14.7. The van der Waals surface area contributed by atoms with Crippen LogP contribution in [-0.2, 0) is 9.84 Å². The summed E-state index contributed by atoms with van der Waals surface area (Å²) < 4.78 is 23.0. The van der Waals surface area contributed by atoms with Gasteiger partial charge in [-0.2, -0.15) is 11.8 Å². The van der Waals surface area contributed by atoms with Crippen LogP contribution in [0.1, 0.15) is 19.3 Å². The van der Waals surface area contributed by atoms with Crippen LogP contribution in [0.15, 0.2) is 23.1 Å². The minimum atomic E-state index is -3.45. The molecule has 0 radical (unpaired) electrons. The van der Waals surface area contributed by atoms with E-state index < -0.39 is 14.8 Å². The average Bonchev–Trinajstić information content (AvgIpc) is 2.45. The molecule has 8 heteroatoms. The van der Waals surface area contributed by atoms with Crippen LogP contribution >= 0.6 is 11.8 Å². The molecule has 1 aromatic rings. The second-order valence-corrected chi connectivity index (χ2v) is 8.50. The lowest BCUT2D eigenvalue weighted by Gasteiger charge is -2.21. The zero-order chi connectivity index (χ0) is 15.5. The van der Waals surface area contributed by atoms with Gasteiger partial charge in [-0.05, 0) is 30.7 Å². The van der Waals surface area contributed by atoms with Gasteiger partial charge in [0.15, 0.2) is 9.84 Å². The van der Waals surface area contributed by atoms with Crippen LogP contribution in [-0.4, -0.2) is 37.1 Å². The van der Waals surface area contributed by atoms with Gasteiger partial charge in [-0.1, -0.05) is 6.42 Å². The van der Waals surface area contributed by atoms with Gasteiger partial charge in [-0.3, -0.25) is 10.1 Å². The van der Waals surface area contributed by atoms with E-state index in [1.54, 1.807) is 0 Å². The summed E-state index contributed by atoms with van der Waals surface area (Å²) in [7, 11) is -3.45. The zero-order valence-electron chi connectivity index (χ0n) is 11.7.